The molecular weight excluding hydrogens is 374 g/mol. The molecule has 0 spiro atoms. The van der Waals surface area contributed by atoms with Gasteiger partial charge in [-0.3, -0.25) is 0 Å². The van der Waals surface area contributed by atoms with Crippen LogP contribution in [0.15, 0.2) is 101 Å². The van der Waals surface area contributed by atoms with Crippen molar-refractivity contribution in [3.63, 3.8) is 0 Å². The minimum absolute atomic E-state index is 0.902. The predicted molar refractivity (Wildman–Crippen MR) is 120 cm³/mol. The first-order valence-electron chi connectivity index (χ1n) is 9.70. The van der Waals surface area contributed by atoms with Crippen molar-refractivity contribution in [1.82, 2.24) is 0 Å². The third-order valence-corrected chi connectivity index (χ3v) is 6.86. The van der Waals surface area contributed by atoms with Gasteiger partial charge in [0.25, 0.3) is 0 Å². The Morgan fingerprint density at radius 3 is 1.97 bits per heavy atom. The molecule has 0 saturated carbocycles. The topological polar surface area (TPSA) is 12.5 Å². The highest BCUT2D eigenvalue weighted by Crippen LogP contribution is 2.60. The van der Waals surface area contributed by atoms with Crippen LogP contribution in [0.2, 0.25) is 0 Å². The van der Waals surface area contributed by atoms with E-state index in [1.165, 1.54) is 37.0 Å². The van der Waals surface area contributed by atoms with E-state index in [1.807, 2.05) is 11.8 Å². The first-order valence-corrected chi connectivity index (χ1v) is 10.5. The van der Waals surface area contributed by atoms with E-state index < -0.39 is 0 Å². The van der Waals surface area contributed by atoms with Gasteiger partial charge in [-0.15, -0.1) is 0 Å². The molecule has 0 unspecified atom stereocenters. The van der Waals surface area contributed by atoms with Gasteiger partial charge in [-0.2, -0.15) is 0 Å². The monoisotopic (exact) mass is 389 g/mol. The van der Waals surface area contributed by atoms with E-state index in [9.17, 15) is 0 Å². The number of hydrogen-bond acceptors (Lipinski definition) is 3. The fraction of sp³-hybridized carbons (Fsp3) is 0. The largest absolute Gasteiger partial charge is 0.453 e. The smallest absolute Gasteiger partial charge is 0.152 e. The van der Waals surface area contributed by atoms with Crippen LogP contribution in [0, 0.1) is 0 Å². The second-order valence-corrected chi connectivity index (χ2v) is 8.56. The van der Waals surface area contributed by atoms with Gasteiger partial charge in [0.2, 0.25) is 0 Å². The minimum atomic E-state index is 0.902. The Morgan fingerprint density at radius 2 is 1.21 bits per heavy atom. The summed E-state index contributed by atoms with van der Waals surface area (Å²) in [6.07, 6.45) is 0. The molecular formula is C26H15NOS. The number of nitrogens with zero attached hydrogens (tertiary/aromatic N) is 1. The molecule has 0 fully saturated rings. The lowest BCUT2D eigenvalue weighted by molar-refractivity contribution is 0.475. The fourth-order valence-electron chi connectivity index (χ4n) is 4.42. The summed E-state index contributed by atoms with van der Waals surface area (Å²) < 4.78 is 6.38. The zero-order valence-electron chi connectivity index (χ0n) is 15.4. The summed E-state index contributed by atoms with van der Waals surface area (Å²) in [4.78, 5) is 4.88. The molecule has 0 saturated heterocycles. The number of hydrogen-bond donors (Lipinski definition) is 0. The lowest BCUT2D eigenvalue weighted by atomic mass is 10.0. The van der Waals surface area contributed by atoms with Crippen molar-refractivity contribution < 1.29 is 4.74 Å². The molecule has 0 amide bonds. The molecule has 2 aliphatic rings. The number of anilines is 3. The van der Waals surface area contributed by atoms with Gasteiger partial charge in [-0.1, -0.05) is 66.4 Å². The van der Waals surface area contributed by atoms with Crippen molar-refractivity contribution in [3.8, 4) is 11.5 Å². The summed E-state index contributed by atoms with van der Waals surface area (Å²) in [6.45, 7) is 0. The lowest BCUT2D eigenvalue weighted by Gasteiger charge is -2.38. The van der Waals surface area contributed by atoms with Gasteiger partial charge in [0.05, 0.1) is 11.4 Å². The number of rotatable bonds is 0. The molecule has 5 aromatic rings. The molecule has 5 aromatic carbocycles. The maximum absolute atomic E-state index is 6.38. The zero-order valence-corrected chi connectivity index (χ0v) is 16.2. The SMILES string of the molecule is c1cc2c3c(c1)Sc1cc4ccccc4cc1N3c1cc3ccccc3cc1O2. The minimum Gasteiger partial charge on any atom is -0.453 e. The molecule has 2 aliphatic heterocycles. The summed E-state index contributed by atoms with van der Waals surface area (Å²) in [5, 5.41) is 4.93. The van der Waals surface area contributed by atoms with Crippen LogP contribution >= 0.6 is 11.8 Å². The van der Waals surface area contributed by atoms with Crippen molar-refractivity contribution in [2.75, 3.05) is 4.90 Å². The molecule has 0 aromatic heterocycles. The van der Waals surface area contributed by atoms with Crippen LogP contribution in [-0.4, -0.2) is 0 Å². The van der Waals surface area contributed by atoms with Crippen molar-refractivity contribution in [3.05, 3.63) is 91.0 Å². The van der Waals surface area contributed by atoms with Gasteiger partial charge < -0.3 is 9.64 Å². The Morgan fingerprint density at radius 1 is 0.552 bits per heavy atom. The molecule has 0 N–H and O–H groups in total. The zero-order chi connectivity index (χ0) is 18.9. The van der Waals surface area contributed by atoms with Crippen molar-refractivity contribution in [2.45, 2.75) is 9.79 Å². The maximum Gasteiger partial charge on any atom is 0.152 e. The molecule has 29 heavy (non-hydrogen) atoms. The van der Waals surface area contributed by atoms with Gasteiger partial charge in [0.15, 0.2) is 11.5 Å². The fourth-order valence-corrected chi connectivity index (χ4v) is 5.54. The van der Waals surface area contributed by atoms with Gasteiger partial charge >= 0.3 is 0 Å². The highest BCUT2D eigenvalue weighted by atomic mass is 32.2. The third-order valence-electron chi connectivity index (χ3n) is 5.76. The molecule has 7 rings (SSSR count). The first kappa shape index (κ1) is 15.5. The molecule has 0 bridgehead atoms. The third kappa shape index (κ3) is 2.13. The number of fused-ring (bicyclic) bond motifs is 6. The molecule has 0 radical (unpaired) electrons. The average molecular weight is 389 g/mol. The average Bonchev–Trinajstić information content (AvgIpc) is 2.76. The van der Waals surface area contributed by atoms with E-state index in [0.29, 0.717) is 0 Å². The second kappa shape index (κ2) is 5.56. The van der Waals surface area contributed by atoms with E-state index in [2.05, 4.69) is 95.9 Å². The highest BCUT2D eigenvalue weighted by Gasteiger charge is 2.33. The van der Waals surface area contributed by atoms with E-state index in [1.54, 1.807) is 0 Å². The standard InChI is InChI=1S/C26H15NOS/c1-3-8-18-14-23-20(12-16(18)6-1)27-21-13-17-7-2-4-9-19(17)15-25(21)29-24-11-5-10-22(28-23)26(24)27/h1-15H. The Hall–Kier alpha value is -3.43. The van der Waals surface area contributed by atoms with E-state index in [4.69, 9.17) is 4.74 Å². The van der Waals surface area contributed by atoms with Crippen LogP contribution < -0.4 is 9.64 Å². The van der Waals surface area contributed by atoms with Crippen LogP contribution in [0.3, 0.4) is 0 Å². The molecule has 2 nitrogen and oxygen atoms in total. The van der Waals surface area contributed by atoms with Gasteiger partial charge in [0, 0.05) is 9.79 Å². The normalized spacial score (nSPS) is 13.6. The van der Waals surface area contributed by atoms with Crippen LogP contribution in [0.1, 0.15) is 0 Å². The summed E-state index contributed by atoms with van der Waals surface area (Å²) in [5.41, 5.74) is 3.46. The molecule has 2 heterocycles. The second-order valence-electron chi connectivity index (χ2n) is 7.48. The van der Waals surface area contributed by atoms with E-state index in [0.717, 1.165) is 22.9 Å². The van der Waals surface area contributed by atoms with Crippen molar-refractivity contribution in [2.24, 2.45) is 0 Å². The molecule has 0 atom stereocenters. The number of ether oxygens (including phenoxy) is 1. The Bertz CT molecular complexity index is 1370. The first-order chi connectivity index (χ1) is 14.3. The van der Waals surface area contributed by atoms with Gasteiger partial charge in [0.1, 0.15) is 5.69 Å². The molecule has 3 heteroatoms. The quantitative estimate of drug-likeness (QED) is 0.260. The van der Waals surface area contributed by atoms with E-state index >= 15 is 0 Å². The van der Waals surface area contributed by atoms with Crippen molar-refractivity contribution >= 4 is 50.4 Å². The number of benzene rings is 5. The van der Waals surface area contributed by atoms with Gasteiger partial charge in [-0.25, -0.2) is 0 Å². The van der Waals surface area contributed by atoms with E-state index in [-0.39, 0.29) is 0 Å². The number of para-hydroxylation sites is 1. The van der Waals surface area contributed by atoms with Crippen LogP contribution in [-0.2, 0) is 0 Å². The van der Waals surface area contributed by atoms with Crippen molar-refractivity contribution in [1.29, 1.82) is 0 Å². The Balaban J connectivity index is 1.58. The molecule has 0 aliphatic carbocycles. The van der Waals surface area contributed by atoms with Crippen LogP contribution in [0.25, 0.3) is 21.5 Å². The molecule has 136 valence electrons. The maximum atomic E-state index is 6.38. The summed E-state index contributed by atoms with van der Waals surface area (Å²) in [6, 6.07) is 32.4. The summed E-state index contributed by atoms with van der Waals surface area (Å²) in [7, 11) is 0. The lowest BCUT2D eigenvalue weighted by Crippen LogP contribution is -2.19. The summed E-state index contributed by atoms with van der Waals surface area (Å²) >= 11 is 1.82. The van der Waals surface area contributed by atoms with Crippen LogP contribution in [0.4, 0.5) is 17.1 Å². The van der Waals surface area contributed by atoms with Gasteiger partial charge in [-0.05, 0) is 57.9 Å². The predicted octanol–water partition coefficient (Wildman–Crippen LogP) is 8.03. The Labute approximate surface area is 172 Å². The highest BCUT2D eigenvalue weighted by molar-refractivity contribution is 7.99. The summed E-state index contributed by atoms with van der Waals surface area (Å²) in [5.74, 6) is 1.82. The Kier molecular flexibility index (Phi) is 2.97. The van der Waals surface area contributed by atoms with Crippen LogP contribution in [0.5, 0.6) is 11.5 Å².